The van der Waals surface area contributed by atoms with Crippen molar-refractivity contribution in [3.63, 3.8) is 0 Å². The lowest BCUT2D eigenvalue weighted by molar-refractivity contribution is 0.400. The van der Waals surface area contributed by atoms with E-state index in [1.54, 1.807) is 6.33 Å². The molecule has 0 bridgehead atoms. The second kappa shape index (κ2) is 7.26. The maximum absolute atomic E-state index is 5.08. The Morgan fingerprint density at radius 1 is 0.926 bits per heavy atom. The summed E-state index contributed by atoms with van der Waals surface area (Å²) in [5.74, 6) is 3.05. The van der Waals surface area contributed by atoms with Crippen LogP contribution in [0.4, 0.5) is 23.1 Å². The number of nitrogens with one attached hydrogen (secondary N) is 1. The van der Waals surface area contributed by atoms with E-state index >= 15 is 0 Å². The standard InChI is InChI=1S/C20H24N6O/c1-14-5-4-6-17(16(14)3)25-7-9-26(10-8-25)20-12-18(21-13-22-20)23-19-11-15(2)27-24-19/h4-6,11-13H,7-10H2,1-3H3,(H,21,22,23,24). The highest BCUT2D eigenvalue weighted by Gasteiger charge is 2.20. The maximum atomic E-state index is 5.08. The van der Waals surface area contributed by atoms with Crippen LogP contribution in [0.25, 0.3) is 0 Å². The van der Waals surface area contributed by atoms with Gasteiger partial charge in [-0.25, -0.2) is 9.97 Å². The van der Waals surface area contributed by atoms with Gasteiger partial charge in [0.2, 0.25) is 0 Å². The third-order valence-corrected chi connectivity index (χ3v) is 5.06. The molecule has 0 radical (unpaired) electrons. The molecule has 3 heterocycles. The molecule has 1 fully saturated rings. The first-order chi connectivity index (χ1) is 13.1. The zero-order valence-electron chi connectivity index (χ0n) is 15.9. The summed E-state index contributed by atoms with van der Waals surface area (Å²) in [5.41, 5.74) is 4.04. The molecule has 7 heteroatoms. The van der Waals surface area contributed by atoms with Crippen LogP contribution < -0.4 is 15.1 Å². The third kappa shape index (κ3) is 3.72. The minimum atomic E-state index is 0.650. The summed E-state index contributed by atoms with van der Waals surface area (Å²) in [5, 5.41) is 7.10. The van der Waals surface area contributed by atoms with Crippen LogP contribution in [-0.4, -0.2) is 41.3 Å². The molecule has 4 rings (SSSR count). The molecule has 27 heavy (non-hydrogen) atoms. The van der Waals surface area contributed by atoms with Gasteiger partial charge in [-0.2, -0.15) is 0 Å². The van der Waals surface area contributed by atoms with E-state index in [2.05, 4.69) is 62.3 Å². The number of aryl methyl sites for hydroxylation is 2. The lowest BCUT2D eigenvalue weighted by atomic mass is 10.1. The molecule has 0 saturated carbocycles. The van der Waals surface area contributed by atoms with E-state index < -0.39 is 0 Å². The summed E-state index contributed by atoms with van der Waals surface area (Å²) in [6.07, 6.45) is 1.59. The lowest BCUT2D eigenvalue weighted by Crippen LogP contribution is -2.47. The van der Waals surface area contributed by atoms with Crippen LogP contribution in [0.3, 0.4) is 0 Å². The van der Waals surface area contributed by atoms with Crippen LogP contribution in [-0.2, 0) is 0 Å². The second-order valence-electron chi connectivity index (χ2n) is 6.90. The average molecular weight is 364 g/mol. The molecule has 0 unspecified atom stereocenters. The van der Waals surface area contributed by atoms with Gasteiger partial charge >= 0.3 is 0 Å². The molecule has 2 aromatic heterocycles. The molecule has 1 N–H and O–H groups in total. The molecule has 0 amide bonds. The number of hydrogen-bond donors (Lipinski definition) is 1. The highest BCUT2D eigenvalue weighted by Crippen LogP contribution is 2.25. The zero-order chi connectivity index (χ0) is 18.8. The summed E-state index contributed by atoms with van der Waals surface area (Å²) >= 11 is 0. The van der Waals surface area contributed by atoms with Crippen molar-refractivity contribution in [3.8, 4) is 0 Å². The van der Waals surface area contributed by atoms with E-state index in [9.17, 15) is 0 Å². The smallest absolute Gasteiger partial charge is 0.175 e. The SMILES string of the molecule is Cc1cc(Nc2cc(N3CCN(c4cccc(C)c4C)CC3)ncn2)no1. The van der Waals surface area contributed by atoms with Gasteiger partial charge in [-0.15, -0.1) is 0 Å². The summed E-state index contributed by atoms with van der Waals surface area (Å²) in [4.78, 5) is 13.5. The first-order valence-electron chi connectivity index (χ1n) is 9.18. The molecule has 3 aromatic rings. The number of piperazine rings is 1. The van der Waals surface area contributed by atoms with Crippen LogP contribution in [0.1, 0.15) is 16.9 Å². The Hall–Kier alpha value is -3.09. The van der Waals surface area contributed by atoms with Gasteiger partial charge < -0.3 is 19.6 Å². The Labute approximate surface area is 159 Å². The number of aromatic nitrogens is 3. The highest BCUT2D eigenvalue weighted by atomic mass is 16.5. The number of rotatable bonds is 4. The van der Waals surface area contributed by atoms with Gasteiger partial charge in [-0.3, -0.25) is 0 Å². The number of hydrogen-bond acceptors (Lipinski definition) is 7. The van der Waals surface area contributed by atoms with Gasteiger partial charge in [0.1, 0.15) is 23.7 Å². The fraction of sp³-hybridized carbons (Fsp3) is 0.350. The van der Waals surface area contributed by atoms with Gasteiger partial charge in [0.25, 0.3) is 0 Å². The largest absolute Gasteiger partial charge is 0.368 e. The summed E-state index contributed by atoms with van der Waals surface area (Å²) in [6.45, 7) is 10.0. The Morgan fingerprint density at radius 3 is 2.44 bits per heavy atom. The van der Waals surface area contributed by atoms with Gasteiger partial charge in [0, 0.05) is 44.0 Å². The third-order valence-electron chi connectivity index (χ3n) is 5.06. The molecular formula is C20H24N6O. The van der Waals surface area contributed by atoms with Crippen LogP contribution >= 0.6 is 0 Å². The molecule has 0 atom stereocenters. The first kappa shape index (κ1) is 17.3. The van der Waals surface area contributed by atoms with Crippen LogP contribution in [0.15, 0.2) is 41.2 Å². The van der Waals surface area contributed by atoms with Crippen molar-refractivity contribution in [3.05, 3.63) is 53.5 Å². The fourth-order valence-corrected chi connectivity index (χ4v) is 3.40. The summed E-state index contributed by atoms with van der Waals surface area (Å²) in [6, 6.07) is 10.3. The van der Waals surface area contributed by atoms with Crippen molar-refractivity contribution >= 4 is 23.1 Å². The molecule has 140 valence electrons. The molecule has 0 aliphatic carbocycles. The molecular weight excluding hydrogens is 340 g/mol. The van der Waals surface area contributed by atoms with Gasteiger partial charge in [0.15, 0.2) is 5.82 Å². The Balaban J connectivity index is 1.43. The minimum absolute atomic E-state index is 0.650. The van der Waals surface area contributed by atoms with E-state index in [-0.39, 0.29) is 0 Å². The minimum Gasteiger partial charge on any atom is -0.368 e. The fourth-order valence-electron chi connectivity index (χ4n) is 3.40. The molecule has 7 nitrogen and oxygen atoms in total. The molecule has 1 aromatic carbocycles. The van der Waals surface area contributed by atoms with E-state index in [4.69, 9.17) is 4.52 Å². The van der Waals surface area contributed by atoms with Crippen molar-refractivity contribution < 1.29 is 4.52 Å². The van der Waals surface area contributed by atoms with Gasteiger partial charge in [-0.05, 0) is 38.0 Å². The topological polar surface area (TPSA) is 70.3 Å². The first-order valence-corrected chi connectivity index (χ1v) is 9.18. The van der Waals surface area contributed by atoms with Crippen LogP contribution in [0.5, 0.6) is 0 Å². The lowest BCUT2D eigenvalue weighted by Gasteiger charge is -2.37. The number of anilines is 4. The second-order valence-corrected chi connectivity index (χ2v) is 6.90. The van der Waals surface area contributed by atoms with Crippen LogP contribution in [0.2, 0.25) is 0 Å². The van der Waals surface area contributed by atoms with E-state index in [1.807, 2.05) is 19.1 Å². The molecule has 1 aliphatic heterocycles. The van der Waals surface area contributed by atoms with E-state index in [1.165, 1.54) is 16.8 Å². The summed E-state index contributed by atoms with van der Waals surface area (Å²) < 4.78 is 5.08. The monoisotopic (exact) mass is 364 g/mol. The van der Waals surface area contributed by atoms with Gasteiger partial charge in [-0.1, -0.05) is 17.3 Å². The number of benzene rings is 1. The Kier molecular flexibility index (Phi) is 4.66. The average Bonchev–Trinajstić information content (AvgIpc) is 3.09. The van der Waals surface area contributed by atoms with Crippen molar-refractivity contribution in [2.45, 2.75) is 20.8 Å². The predicted octanol–water partition coefficient (Wildman–Crippen LogP) is 3.46. The molecule has 1 saturated heterocycles. The quantitative estimate of drug-likeness (QED) is 0.760. The molecule has 1 aliphatic rings. The van der Waals surface area contributed by atoms with Crippen molar-refractivity contribution in [2.75, 3.05) is 41.3 Å². The maximum Gasteiger partial charge on any atom is 0.175 e. The van der Waals surface area contributed by atoms with Crippen molar-refractivity contribution in [1.82, 2.24) is 15.1 Å². The zero-order valence-corrected chi connectivity index (χ0v) is 15.9. The predicted molar refractivity (Wildman–Crippen MR) is 107 cm³/mol. The highest BCUT2D eigenvalue weighted by molar-refractivity contribution is 5.59. The van der Waals surface area contributed by atoms with Gasteiger partial charge in [0.05, 0.1) is 0 Å². The van der Waals surface area contributed by atoms with E-state index in [0.29, 0.717) is 11.6 Å². The summed E-state index contributed by atoms with van der Waals surface area (Å²) in [7, 11) is 0. The number of nitrogens with zero attached hydrogens (tertiary/aromatic N) is 5. The van der Waals surface area contributed by atoms with Crippen molar-refractivity contribution in [1.29, 1.82) is 0 Å². The van der Waals surface area contributed by atoms with E-state index in [0.717, 1.165) is 37.8 Å². The van der Waals surface area contributed by atoms with Crippen LogP contribution in [0, 0.1) is 20.8 Å². The van der Waals surface area contributed by atoms with Crippen molar-refractivity contribution in [2.24, 2.45) is 0 Å². The molecule has 0 spiro atoms. The Bertz CT molecular complexity index is 930. The normalized spacial score (nSPS) is 14.5. The Morgan fingerprint density at radius 2 is 1.70 bits per heavy atom.